The Balaban J connectivity index is 1.68. The number of aryl methyl sites for hydroxylation is 2. The molecular formula is C27H26N2O3. The van der Waals surface area contributed by atoms with E-state index in [2.05, 4.69) is 5.32 Å². The SMILES string of the molecule is CCOc1ccc(NC2=C(c3ccc(C)cc3)C(=O)N(Cc3ccc(C)cc3)C2=O)cc1. The maximum absolute atomic E-state index is 13.4. The minimum atomic E-state index is -0.333. The molecule has 3 aromatic carbocycles. The summed E-state index contributed by atoms with van der Waals surface area (Å²) in [4.78, 5) is 28.1. The molecule has 0 radical (unpaired) electrons. The lowest BCUT2D eigenvalue weighted by Gasteiger charge is -2.15. The molecule has 1 aliphatic heterocycles. The fourth-order valence-corrected chi connectivity index (χ4v) is 3.65. The monoisotopic (exact) mass is 426 g/mol. The molecule has 5 nitrogen and oxygen atoms in total. The molecule has 162 valence electrons. The quantitative estimate of drug-likeness (QED) is 0.535. The van der Waals surface area contributed by atoms with E-state index in [9.17, 15) is 9.59 Å². The molecule has 2 amide bonds. The molecule has 1 aliphatic rings. The van der Waals surface area contributed by atoms with E-state index in [1.807, 2.05) is 93.6 Å². The molecular weight excluding hydrogens is 400 g/mol. The third-order valence-electron chi connectivity index (χ3n) is 5.40. The average molecular weight is 427 g/mol. The number of imide groups is 1. The smallest absolute Gasteiger partial charge is 0.278 e. The van der Waals surface area contributed by atoms with Gasteiger partial charge in [-0.3, -0.25) is 14.5 Å². The minimum Gasteiger partial charge on any atom is -0.494 e. The van der Waals surface area contributed by atoms with Crippen LogP contribution in [0.25, 0.3) is 5.57 Å². The first-order chi connectivity index (χ1) is 15.5. The number of nitrogens with one attached hydrogen (secondary N) is 1. The molecule has 32 heavy (non-hydrogen) atoms. The second kappa shape index (κ2) is 9.10. The molecule has 0 bridgehead atoms. The van der Waals surface area contributed by atoms with Crippen LogP contribution in [0.2, 0.25) is 0 Å². The van der Waals surface area contributed by atoms with Crippen LogP contribution in [-0.4, -0.2) is 23.3 Å². The van der Waals surface area contributed by atoms with Crippen LogP contribution in [0.1, 0.15) is 29.2 Å². The van der Waals surface area contributed by atoms with Gasteiger partial charge in [0.2, 0.25) is 0 Å². The van der Waals surface area contributed by atoms with Crippen LogP contribution in [0.4, 0.5) is 5.69 Å². The van der Waals surface area contributed by atoms with Gasteiger partial charge in [-0.05, 0) is 56.2 Å². The molecule has 1 heterocycles. The van der Waals surface area contributed by atoms with Gasteiger partial charge in [0.1, 0.15) is 11.4 Å². The second-order valence-corrected chi connectivity index (χ2v) is 7.88. The number of hydrogen-bond acceptors (Lipinski definition) is 4. The van der Waals surface area contributed by atoms with E-state index in [0.717, 1.165) is 22.4 Å². The number of amides is 2. The zero-order chi connectivity index (χ0) is 22.7. The Bertz CT molecular complexity index is 1160. The number of hydrogen-bond donors (Lipinski definition) is 1. The Morgan fingerprint density at radius 2 is 1.38 bits per heavy atom. The minimum absolute atomic E-state index is 0.224. The normalized spacial score (nSPS) is 13.7. The summed E-state index contributed by atoms with van der Waals surface area (Å²) in [6.07, 6.45) is 0. The number of rotatable bonds is 7. The van der Waals surface area contributed by atoms with Crippen LogP contribution in [0, 0.1) is 13.8 Å². The van der Waals surface area contributed by atoms with Crippen LogP contribution >= 0.6 is 0 Å². The zero-order valence-corrected chi connectivity index (χ0v) is 18.5. The van der Waals surface area contributed by atoms with Gasteiger partial charge in [0.05, 0.1) is 18.7 Å². The van der Waals surface area contributed by atoms with Gasteiger partial charge >= 0.3 is 0 Å². The van der Waals surface area contributed by atoms with Crippen molar-refractivity contribution in [3.8, 4) is 5.75 Å². The molecule has 0 spiro atoms. The first kappa shape index (κ1) is 21.4. The fourth-order valence-electron chi connectivity index (χ4n) is 3.65. The standard InChI is InChI=1S/C27H26N2O3/c1-4-32-23-15-13-22(14-16-23)28-25-24(21-11-7-19(3)8-12-21)26(30)29(27(25)31)17-20-9-5-18(2)6-10-20/h5-16,28H,4,17H2,1-3H3. The van der Waals surface area contributed by atoms with Crippen LogP contribution in [0.15, 0.2) is 78.5 Å². The number of carbonyl (C=O) groups excluding carboxylic acids is 2. The number of ether oxygens (including phenoxy) is 1. The van der Waals surface area contributed by atoms with Gasteiger partial charge in [0.15, 0.2) is 0 Å². The van der Waals surface area contributed by atoms with E-state index in [4.69, 9.17) is 4.74 Å². The molecule has 5 heteroatoms. The number of anilines is 1. The number of nitrogens with zero attached hydrogens (tertiary/aromatic N) is 1. The molecule has 3 aromatic rings. The van der Waals surface area contributed by atoms with Crippen molar-refractivity contribution in [2.75, 3.05) is 11.9 Å². The summed E-state index contributed by atoms with van der Waals surface area (Å²) in [5.74, 6) is 0.119. The summed E-state index contributed by atoms with van der Waals surface area (Å²) in [5, 5.41) is 3.19. The van der Waals surface area contributed by atoms with Gasteiger partial charge in [0, 0.05) is 5.69 Å². The van der Waals surface area contributed by atoms with Gasteiger partial charge < -0.3 is 10.1 Å². The molecule has 0 atom stereocenters. The van der Waals surface area contributed by atoms with Crippen molar-refractivity contribution in [3.63, 3.8) is 0 Å². The molecule has 0 saturated carbocycles. The highest BCUT2D eigenvalue weighted by atomic mass is 16.5. The molecule has 0 unspecified atom stereocenters. The maximum Gasteiger partial charge on any atom is 0.278 e. The first-order valence-electron chi connectivity index (χ1n) is 10.7. The van der Waals surface area contributed by atoms with Gasteiger partial charge in [-0.25, -0.2) is 0 Å². The van der Waals surface area contributed by atoms with Crippen molar-refractivity contribution in [2.24, 2.45) is 0 Å². The summed E-state index contributed by atoms with van der Waals surface area (Å²) in [6.45, 7) is 6.73. The predicted octanol–water partition coefficient (Wildman–Crippen LogP) is 5.09. The number of carbonyl (C=O) groups is 2. The van der Waals surface area contributed by atoms with Crippen LogP contribution in [0.3, 0.4) is 0 Å². The number of benzene rings is 3. The molecule has 0 fully saturated rings. The van der Waals surface area contributed by atoms with Crippen LogP contribution in [0.5, 0.6) is 5.75 Å². The summed E-state index contributed by atoms with van der Waals surface area (Å²) < 4.78 is 5.49. The summed E-state index contributed by atoms with van der Waals surface area (Å²) in [6, 6.07) is 22.8. The molecule has 0 aromatic heterocycles. The van der Waals surface area contributed by atoms with E-state index in [-0.39, 0.29) is 24.1 Å². The third-order valence-corrected chi connectivity index (χ3v) is 5.40. The topological polar surface area (TPSA) is 58.6 Å². The van der Waals surface area contributed by atoms with E-state index < -0.39 is 0 Å². The highest BCUT2D eigenvalue weighted by Gasteiger charge is 2.39. The Labute approximate surface area is 188 Å². The summed E-state index contributed by atoms with van der Waals surface area (Å²) in [5.41, 5.74) is 5.22. The molecule has 0 aliphatic carbocycles. The van der Waals surface area contributed by atoms with Crippen molar-refractivity contribution in [1.29, 1.82) is 0 Å². The lowest BCUT2D eigenvalue weighted by atomic mass is 10.0. The van der Waals surface area contributed by atoms with Gasteiger partial charge in [0.25, 0.3) is 11.8 Å². The van der Waals surface area contributed by atoms with Gasteiger partial charge in [-0.2, -0.15) is 0 Å². The van der Waals surface area contributed by atoms with Crippen LogP contribution < -0.4 is 10.1 Å². The van der Waals surface area contributed by atoms with E-state index in [0.29, 0.717) is 23.4 Å². The Morgan fingerprint density at radius 1 is 0.781 bits per heavy atom. The lowest BCUT2D eigenvalue weighted by molar-refractivity contribution is -0.137. The lowest BCUT2D eigenvalue weighted by Crippen LogP contribution is -2.32. The highest BCUT2D eigenvalue weighted by molar-refractivity contribution is 6.36. The van der Waals surface area contributed by atoms with Crippen molar-refractivity contribution in [2.45, 2.75) is 27.3 Å². The van der Waals surface area contributed by atoms with E-state index in [1.165, 1.54) is 4.90 Å². The maximum atomic E-state index is 13.4. The molecule has 0 saturated heterocycles. The second-order valence-electron chi connectivity index (χ2n) is 7.88. The van der Waals surface area contributed by atoms with Crippen molar-refractivity contribution >= 4 is 23.1 Å². The van der Waals surface area contributed by atoms with Crippen LogP contribution in [-0.2, 0) is 16.1 Å². The molecule has 1 N–H and O–H groups in total. The van der Waals surface area contributed by atoms with Gasteiger partial charge in [-0.15, -0.1) is 0 Å². The third kappa shape index (κ3) is 4.42. The summed E-state index contributed by atoms with van der Waals surface area (Å²) >= 11 is 0. The Hall–Kier alpha value is -3.86. The first-order valence-corrected chi connectivity index (χ1v) is 10.7. The average Bonchev–Trinajstić information content (AvgIpc) is 3.01. The van der Waals surface area contributed by atoms with Gasteiger partial charge in [-0.1, -0.05) is 59.7 Å². The fraction of sp³-hybridized carbons (Fsp3) is 0.185. The Morgan fingerprint density at radius 3 is 1.97 bits per heavy atom. The van der Waals surface area contributed by atoms with E-state index >= 15 is 0 Å². The van der Waals surface area contributed by atoms with Crippen molar-refractivity contribution in [1.82, 2.24) is 4.90 Å². The van der Waals surface area contributed by atoms with Crippen molar-refractivity contribution < 1.29 is 14.3 Å². The largest absolute Gasteiger partial charge is 0.494 e. The zero-order valence-electron chi connectivity index (χ0n) is 18.5. The van der Waals surface area contributed by atoms with E-state index in [1.54, 1.807) is 0 Å². The Kier molecular flexibility index (Phi) is 6.08. The molecule has 4 rings (SSSR count). The predicted molar refractivity (Wildman–Crippen MR) is 126 cm³/mol. The van der Waals surface area contributed by atoms with Crippen molar-refractivity contribution in [3.05, 3.63) is 101 Å². The highest BCUT2D eigenvalue weighted by Crippen LogP contribution is 2.32. The summed E-state index contributed by atoms with van der Waals surface area (Å²) in [7, 11) is 0.